The molecule has 0 unspecified atom stereocenters. The highest BCUT2D eigenvalue weighted by Gasteiger charge is 2.10. The number of fused-ring (bicyclic) bond motifs is 4. The zero-order valence-corrected chi connectivity index (χ0v) is 10.4. The average molecular weight is 264 g/mol. The molecule has 0 atom stereocenters. The van der Waals surface area contributed by atoms with Gasteiger partial charge in [-0.25, -0.2) is 4.39 Å². The second-order valence-corrected chi connectivity index (χ2v) is 4.73. The van der Waals surface area contributed by atoms with Crippen LogP contribution in [-0.2, 0) is 0 Å². The van der Waals surface area contributed by atoms with Gasteiger partial charge < -0.3 is 4.42 Å². The summed E-state index contributed by atoms with van der Waals surface area (Å²) in [6.07, 6.45) is 0. The third-order valence-electron chi connectivity index (χ3n) is 3.52. The maximum atomic E-state index is 13.5. The normalized spacial score (nSPS) is 11.4. The molecule has 0 saturated carbocycles. The van der Waals surface area contributed by atoms with E-state index in [9.17, 15) is 9.18 Å². The summed E-state index contributed by atoms with van der Waals surface area (Å²) in [6, 6.07) is 15.1. The van der Waals surface area contributed by atoms with Crippen LogP contribution in [-0.4, -0.2) is 0 Å². The van der Waals surface area contributed by atoms with Crippen molar-refractivity contribution in [2.45, 2.75) is 0 Å². The van der Waals surface area contributed by atoms with E-state index in [0.717, 1.165) is 5.39 Å². The first-order valence-corrected chi connectivity index (χ1v) is 6.28. The first-order valence-electron chi connectivity index (χ1n) is 6.28. The van der Waals surface area contributed by atoms with Gasteiger partial charge in [0.2, 0.25) is 5.43 Å². The van der Waals surface area contributed by atoms with Crippen molar-refractivity contribution in [2.75, 3.05) is 0 Å². The summed E-state index contributed by atoms with van der Waals surface area (Å²) >= 11 is 0. The third kappa shape index (κ3) is 1.46. The number of benzene rings is 3. The van der Waals surface area contributed by atoms with E-state index in [-0.39, 0.29) is 11.2 Å². The number of rotatable bonds is 0. The zero-order chi connectivity index (χ0) is 13.7. The van der Waals surface area contributed by atoms with Gasteiger partial charge in [0.25, 0.3) is 0 Å². The lowest BCUT2D eigenvalue weighted by Crippen LogP contribution is -2.02. The lowest BCUT2D eigenvalue weighted by Gasteiger charge is -2.05. The summed E-state index contributed by atoms with van der Waals surface area (Å²) in [4.78, 5) is 12.6. The van der Waals surface area contributed by atoms with Gasteiger partial charge in [-0.15, -0.1) is 0 Å². The van der Waals surface area contributed by atoms with E-state index >= 15 is 0 Å². The van der Waals surface area contributed by atoms with Crippen LogP contribution < -0.4 is 5.43 Å². The minimum absolute atomic E-state index is 0.127. The molecule has 20 heavy (non-hydrogen) atoms. The molecule has 0 radical (unpaired) electrons. The summed E-state index contributed by atoms with van der Waals surface area (Å²) in [5.41, 5.74) is 0.894. The van der Waals surface area contributed by atoms with Crippen molar-refractivity contribution in [2.24, 2.45) is 0 Å². The van der Waals surface area contributed by atoms with Gasteiger partial charge in [0.15, 0.2) is 0 Å². The Morgan fingerprint density at radius 2 is 1.65 bits per heavy atom. The summed E-state index contributed by atoms with van der Waals surface area (Å²) in [6.45, 7) is 0. The highest BCUT2D eigenvalue weighted by molar-refractivity contribution is 6.08. The molecular formula is C17H9FO2. The Labute approximate surface area is 113 Å². The van der Waals surface area contributed by atoms with Crippen LogP contribution in [0.2, 0.25) is 0 Å². The van der Waals surface area contributed by atoms with Crippen LogP contribution >= 0.6 is 0 Å². The molecule has 0 amide bonds. The molecule has 0 N–H and O–H groups in total. The van der Waals surface area contributed by atoms with Gasteiger partial charge in [-0.05, 0) is 41.1 Å². The molecular weight excluding hydrogens is 255 g/mol. The lowest BCUT2D eigenvalue weighted by molar-refractivity contribution is 0.630. The summed E-state index contributed by atoms with van der Waals surface area (Å²) in [5, 5.41) is 2.35. The second-order valence-electron chi connectivity index (χ2n) is 4.73. The van der Waals surface area contributed by atoms with Crippen LogP contribution in [0.3, 0.4) is 0 Å². The fourth-order valence-corrected chi connectivity index (χ4v) is 2.59. The topological polar surface area (TPSA) is 30.2 Å². The van der Waals surface area contributed by atoms with E-state index in [0.29, 0.717) is 27.3 Å². The predicted molar refractivity (Wildman–Crippen MR) is 77.5 cm³/mol. The van der Waals surface area contributed by atoms with E-state index < -0.39 is 0 Å². The summed E-state index contributed by atoms with van der Waals surface area (Å²) in [5.74, 6) is -0.363. The molecule has 3 aromatic carbocycles. The Balaban J connectivity index is 2.35. The molecule has 0 aliphatic heterocycles. The Bertz CT molecular complexity index is 1030. The maximum Gasteiger partial charge on any atom is 0.201 e. The molecule has 3 heteroatoms. The van der Waals surface area contributed by atoms with Crippen molar-refractivity contribution in [1.82, 2.24) is 0 Å². The monoisotopic (exact) mass is 264 g/mol. The number of halogens is 1. The van der Waals surface area contributed by atoms with Crippen LogP contribution in [0.5, 0.6) is 0 Å². The van der Waals surface area contributed by atoms with E-state index in [1.807, 2.05) is 12.1 Å². The van der Waals surface area contributed by atoms with E-state index in [2.05, 4.69) is 0 Å². The smallest absolute Gasteiger partial charge is 0.201 e. The summed E-state index contributed by atoms with van der Waals surface area (Å²) in [7, 11) is 0. The first-order chi connectivity index (χ1) is 9.74. The molecule has 2 nitrogen and oxygen atoms in total. The SMILES string of the molecule is O=c1c2ccccc2oc2ccc3ccc(F)cc3c12. The Kier molecular flexibility index (Phi) is 2.18. The molecule has 1 heterocycles. The van der Waals surface area contributed by atoms with Gasteiger partial charge >= 0.3 is 0 Å². The standard InChI is InChI=1S/C17H9FO2/c18-11-7-5-10-6-8-15-16(13(10)9-11)17(19)12-3-1-2-4-14(12)20-15/h1-9H. The molecule has 0 bridgehead atoms. The zero-order valence-electron chi connectivity index (χ0n) is 10.4. The maximum absolute atomic E-state index is 13.5. The Hall–Kier alpha value is -2.68. The van der Waals surface area contributed by atoms with Gasteiger partial charge in [0, 0.05) is 0 Å². The van der Waals surface area contributed by atoms with Crippen LogP contribution in [0, 0.1) is 5.82 Å². The lowest BCUT2D eigenvalue weighted by atomic mass is 10.0. The van der Waals surface area contributed by atoms with Crippen molar-refractivity contribution in [3.05, 3.63) is 70.6 Å². The highest BCUT2D eigenvalue weighted by atomic mass is 19.1. The summed E-state index contributed by atoms with van der Waals surface area (Å²) < 4.78 is 19.2. The van der Waals surface area contributed by atoms with Crippen molar-refractivity contribution in [3.8, 4) is 0 Å². The molecule has 96 valence electrons. The minimum Gasteiger partial charge on any atom is -0.456 e. The molecule has 0 aliphatic carbocycles. The van der Waals surface area contributed by atoms with E-state index in [1.165, 1.54) is 12.1 Å². The average Bonchev–Trinajstić information content (AvgIpc) is 2.47. The number of hydrogen-bond acceptors (Lipinski definition) is 2. The van der Waals surface area contributed by atoms with Gasteiger partial charge in [-0.3, -0.25) is 4.79 Å². The van der Waals surface area contributed by atoms with Crippen molar-refractivity contribution in [3.63, 3.8) is 0 Å². The number of hydrogen-bond donors (Lipinski definition) is 0. The predicted octanol–water partition coefficient (Wildman–Crippen LogP) is 4.24. The van der Waals surface area contributed by atoms with E-state index in [1.54, 1.807) is 30.3 Å². The molecule has 0 spiro atoms. The highest BCUT2D eigenvalue weighted by Crippen LogP contribution is 2.26. The van der Waals surface area contributed by atoms with E-state index in [4.69, 9.17) is 4.42 Å². The number of para-hydroxylation sites is 1. The first kappa shape index (κ1) is 11.2. The van der Waals surface area contributed by atoms with Gasteiger partial charge in [-0.2, -0.15) is 0 Å². The second kappa shape index (κ2) is 3.90. The molecule has 0 saturated heterocycles. The fraction of sp³-hybridized carbons (Fsp3) is 0. The van der Waals surface area contributed by atoms with Crippen LogP contribution in [0.25, 0.3) is 32.7 Å². The quantitative estimate of drug-likeness (QED) is 0.351. The van der Waals surface area contributed by atoms with Crippen LogP contribution in [0.15, 0.2) is 63.8 Å². The van der Waals surface area contributed by atoms with Crippen LogP contribution in [0.1, 0.15) is 0 Å². The Morgan fingerprint density at radius 3 is 2.55 bits per heavy atom. The van der Waals surface area contributed by atoms with Crippen LogP contribution in [0.4, 0.5) is 4.39 Å². The molecule has 1 aromatic heterocycles. The minimum atomic E-state index is -0.363. The van der Waals surface area contributed by atoms with Crippen molar-refractivity contribution < 1.29 is 8.81 Å². The Morgan fingerprint density at radius 1 is 0.850 bits per heavy atom. The molecule has 4 rings (SSSR count). The molecule has 0 aliphatic rings. The molecule has 4 aromatic rings. The van der Waals surface area contributed by atoms with Gasteiger partial charge in [0.05, 0.1) is 10.8 Å². The molecule has 0 fully saturated rings. The van der Waals surface area contributed by atoms with Gasteiger partial charge in [-0.1, -0.05) is 24.3 Å². The van der Waals surface area contributed by atoms with Crippen molar-refractivity contribution >= 4 is 32.7 Å². The van der Waals surface area contributed by atoms with Crippen molar-refractivity contribution in [1.29, 1.82) is 0 Å². The fourth-order valence-electron chi connectivity index (χ4n) is 2.59. The largest absolute Gasteiger partial charge is 0.456 e. The third-order valence-corrected chi connectivity index (χ3v) is 3.52. The van der Waals surface area contributed by atoms with Gasteiger partial charge in [0.1, 0.15) is 17.0 Å².